The van der Waals surface area contributed by atoms with Gasteiger partial charge < -0.3 is 29.8 Å². The van der Waals surface area contributed by atoms with Crippen molar-refractivity contribution in [3.05, 3.63) is 35.9 Å². The zero-order chi connectivity index (χ0) is 16.4. The normalized spacial score (nSPS) is 34.3. The predicted molar refractivity (Wildman–Crippen MR) is 79.6 cm³/mol. The Labute approximate surface area is 134 Å². The molecule has 2 aliphatic rings. The van der Waals surface area contributed by atoms with Gasteiger partial charge in [0.25, 0.3) is 0 Å². The van der Waals surface area contributed by atoms with Gasteiger partial charge in [-0.1, -0.05) is 30.3 Å². The molecule has 2 bridgehead atoms. The van der Waals surface area contributed by atoms with Crippen LogP contribution in [0.3, 0.4) is 0 Å². The van der Waals surface area contributed by atoms with Gasteiger partial charge in [0.15, 0.2) is 12.4 Å². The Morgan fingerprint density at radius 3 is 2.83 bits per heavy atom. The lowest BCUT2D eigenvalue weighted by molar-refractivity contribution is -0.220. The van der Waals surface area contributed by atoms with Crippen LogP contribution >= 0.6 is 0 Å². The Balaban J connectivity index is 1.71. The van der Waals surface area contributed by atoms with Crippen LogP contribution in [-0.2, 0) is 30.3 Å². The number of carboxylic acids is 1. The molecule has 7 nitrogen and oxygen atoms in total. The van der Waals surface area contributed by atoms with E-state index in [9.17, 15) is 4.79 Å². The molecule has 2 fully saturated rings. The van der Waals surface area contributed by atoms with Crippen molar-refractivity contribution in [2.75, 3.05) is 6.61 Å². The van der Waals surface area contributed by atoms with Gasteiger partial charge in [-0.3, -0.25) is 0 Å². The van der Waals surface area contributed by atoms with Gasteiger partial charge >= 0.3 is 5.97 Å². The summed E-state index contributed by atoms with van der Waals surface area (Å²) in [5.41, 5.74) is 7.13. The highest BCUT2D eigenvalue weighted by atomic mass is 16.7. The Hall–Kier alpha value is -1.51. The second kappa shape index (κ2) is 6.94. The van der Waals surface area contributed by atoms with Crippen LogP contribution in [0, 0.1) is 0 Å². The van der Waals surface area contributed by atoms with Crippen LogP contribution in [0.25, 0.3) is 0 Å². The van der Waals surface area contributed by atoms with E-state index in [2.05, 4.69) is 0 Å². The fourth-order valence-electron chi connectivity index (χ4n) is 2.83. The first-order valence-corrected chi connectivity index (χ1v) is 7.62. The third-order valence-corrected chi connectivity index (χ3v) is 4.11. The average Bonchev–Trinajstić information content (AvgIpc) is 2.99. The van der Waals surface area contributed by atoms with E-state index in [1.54, 1.807) is 0 Å². The van der Waals surface area contributed by atoms with Gasteiger partial charge in [-0.2, -0.15) is 0 Å². The maximum atomic E-state index is 11.1. The molecule has 0 aliphatic carbocycles. The van der Waals surface area contributed by atoms with Crippen molar-refractivity contribution >= 4 is 5.97 Å². The van der Waals surface area contributed by atoms with Crippen molar-refractivity contribution in [1.29, 1.82) is 0 Å². The molecule has 3 N–H and O–H groups in total. The molecular weight excluding hydrogens is 302 g/mol. The number of benzene rings is 1. The molecule has 0 amide bonds. The van der Waals surface area contributed by atoms with Crippen LogP contribution in [0.4, 0.5) is 0 Å². The molecule has 2 heterocycles. The molecule has 0 spiro atoms. The van der Waals surface area contributed by atoms with E-state index in [-0.39, 0.29) is 6.10 Å². The highest BCUT2D eigenvalue weighted by Crippen LogP contribution is 2.32. The van der Waals surface area contributed by atoms with Crippen molar-refractivity contribution in [3.8, 4) is 0 Å². The third kappa shape index (κ3) is 3.54. The predicted octanol–water partition coefficient (Wildman–Crippen LogP) is 0.513. The van der Waals surface area contributed by atoms with Gasteiger partial charge in [-0.15, -0.1) is 0 Å². The first-order valence-electron chi connectivity index (χ1n) is 7.62. The molecule has 0 saturated carbocycles. The van der Waals surface area contributed by atoms with Crippen LogP contribution in [0.5, 0.6) is 0 Å². The minimum absolute atomic E-state index is 0.311. The van der Waals surface area contributed by atoms with E-state index < -0.39 is 36.6 Å². The molecule has 1 aromatic carbocycles. The van der Waals surface area contributed by atoms with Crippen LogP contribution in [0.15, 0.2) is 30.3 Å². The Bertz CT molecular complexity index is 539. The lowest BCUT2D eigenvalue weighted by Crippen LogP contribution is -2.60. The molecule has 1 aromatic rings. The van der Waals surface area contributed by atoms with Gasteiger partial charge in [0, 0.05) is 0 Å². The number of ether oxygens (including phenoxy) is 4. The second-order valence-electron chi connectivity index (χ2n) is 5.80. The molecule has 23 heavy (non-hydrogen) atoms. The summed E-state index contributed by atoms with van der Waals surface area (Å²) in [6.07, 6.45) is -2.95. The summed E-state index contributed by atoms with van der Waals surface area (Å²) in [6.45, 7) is 2.20. The van der Waals surface area contributed by atoms with E-state index in [0.717, 1.165) is 5.56 Å². The van der Waals surface area contributed by atoms with E-state index in [4.69, 9.17) is 29.8 Å². The van der Waals surface area contributed by atoms with E-state index in [1.807, 2.05) is 30.3 Å². The Kier molecular flexibility index (Phi) is 4.93. The van der Waals surface area contributed by atoms with Crippen LogP contribution in [0.1, 0.15) is 12.5 Å². The van der Waals surface area contributed by atoms with E-state index >= 15 is 0 Å². The number of rotatable bonds is 6. The SMILES string of the molecule is CC(OC1C(N)C2OCC(O2)C1OCc1ccccc1)C(=O)O. The number of carboxylic acid groups (broad SMARTS) is 1. The fourth-order valence-corrected chi connectivity index (χ4v) is 2.83. The molecule has 0 radical (unpaired) electrons. The van der Waals surface area contributed by atoms with Gasteiger partial charge in [0.1, 0.15) is 18.3 Å². The summed E-state index contributed by atoms with van der Waals surface area (Å²) >= 11 is 0. The van der Waals surface area contributed by atoms with Crippen molar-refractivity contribution in [1.82, 2.24) is 0 Å². The maximum absolute atomic E-state index is 11.1. The number of hydrogen-bond acceptors (Lipinski definition) is 6. The smallest absolute Gasteiger partial charge is 0.332 e. The average molecular weight is 323 g/mol. The monoisotopic (exact) mass is 323 g/mol. The zero-order valence-corrected chi connectivity index (χ0v) is 12.8. The standard InChI is InChI=1S/C16H21NO6/c1-9(15(18)19)22-14-12(17)16-21-8-11(23-16)13(14)20-7-10-5-3-2-4-6-10/h2-6,9,11-14,16H,7-8,17H2,1H3,(H,18,19). The minimum Gasteiger partial charge on any atom is -0.479 e. The fraction of sp³-hybridized carbons (Fsp3) is 0.562. The molecule has 2 saturated heterocycles. The number of fused-ring (bicyclic) bond motifs is 2. The molecule has 2 aliphatic heterocycles. The third-order valence-electron chi connectivity index (χ3n) is 4.11. The van der Waals surface area contributed by atoms with E-state index in [0.29, 0.717) is 13.2 Å². The maximum Gasteiger partial charge on any atom is 0.332 e. The largest absolute Gasteiger partial charge is 0.479 e. The molecule has 3 rings (SSSR count). The lowest BCUT2D eigenvalue weighted by atomic mass is 9.98. The molecule has 6 unspecified atom stereocenters. The number of aliphatic carboxylic acids is 1. The number of carbonyl (C=O) groups is 1. The molecule has 6 atom stereocenters. The van der Waals surface area contributed by atoms with Crippen molar-refractivity contribution < 1.29 is 28.8 Å². The first kappa shape index (κ1) is 16.4. The summed E-state index contributed by atoms with van der Waals surface area (Å²) in [5.74, 6) is -1.04. The van der Waals surface area contributed by atoms with E-state index in [1.165, 1.54) is 6.92 Å². The summed E-state index contributed by atoms with van der Waals surface area (Å²) < 4.78 is 22.8. The lowest BCUT2D eigenvalue weighted by Gasteiger charge is -2.39. The van der Waals surface area contributed by atoms with Crippen LogP contribution in [-0.4, -0.2) is 54.4 Å². The first-order chi connectivity index (χ1) is 11.1. The number of nitrogens with two attached hydrogens (primary N) is 1. The Morgan fingerprint density at radius 2 is 2.13 bits per heavy atom. The Morgan fingerprint density at radius 1 is 1.39 bits per heavy atom. The van der Waals surface area contributed by atoms with Gasteiger partial charge in [0.2, 0.25) is 0 Å². The zero-order valence-electron chi connectivity index (χ0n) is 12.8. The highest BCUT2D eigenvalue weighted by Gasteiger charge is 2.51. The van der Waals surface area contributed by atoms with Crippen molar-refractivity contribution in [2.45, 2.75) is 50.3 Å². The summed E-state index contributed by atoms with van der Waals surface area (Å²) in [7, 11) is 0. The van der Waals surface area contributed by atoms with Gasteiger partial charge in [0.05, 0.1) is 19.3 Å². The minimum atomic E-state index is -1.04. The molecule has 126 valence electrons. The van der Waals surface area contributed by atoms with Crippen molar-refractivity contribution in [2.24, 2.45) is 5.73 Å². The molecule has 7 heteroatoms. The second-order valence-corrected chi connectivity index (χ2v) is 5.80. The van der Waals surface area contributed by atoms with Gasteiger partial charge in [-0.05, 0) is 12.5 Å². The molecular formula is C16H21NO6. The van der Waals surface area contributed by atoms with Crippen LogP contribution < -0.4 is 5.73 Å². The van der Waals surface area contributed by atoms with Crippen LogP contribution in [0.2, 0.25) is 0 Å². The van der Waals surface area contributed by atoms with Gasteiger partial charge in [-0.25, -0.2) is 4.79 Å². The summed E-state index contributed by atoms with van der Waals surface area (Å²) in [4.78, 5) is 11.1. The number of hydrogen-bond donors (Lipinski definition) is 2. The highest BCUT2D eigenvalue weighted by molar-refractivity contribution is 5.71. The van der Waals surface area contributed by atoms with Crippen molar-refractivity contribution in [3.63, 3.8) is 0 Å². The topological polar surface area (TPSA) is 100 Å². The molecule has 0 aromatic heterocycles. The summed E-state index contributed by atoms with van der Waals surface area (Å²) in [6, 6.07) is 9.09. The quantitative estimate of drug-likeness (QED) is 0.787. The summed E-state index contributed by atoms with van der Waals surface area (Å²) in [5, 5.41) is 9.07.